The molecule has 4 heteroatoms. The summed E-state index contributed by atoms with van der Waals surface area (Å²) < 4.78 is 5.88. The van der Waals surface area contributed by atoms with E-state index >= 15 is 0 Å². The molecule has 1 aliphatic heterocycles. The number of ether oxygens (including phenoxy) is 1. The number of aliphatic hydroxyl groups excluding tert-OH is 1. The number of anilines is 1. The zero-order valence-electron chi connectivity index (χ0n) is 15.0. The van der Waals surface area contributed by atoms with Gasteiger partial charge in [-0.3, -0.25) is 0 Å². The molecule has 0 radical (unpaired) electrons. The molecule has 0 saturated carbocycles. The van der Waals surface area contributed by atoms with Crippen molar-refractivity contribution in [1.82, 2.24) is 0 Å². The van der Waals surface area contributed by atoms with Crippen LogP contribution < -0.4 is 5.73 Å². The van der Waals surface area contributed by atoms with Gasteiger partial charge in [0.1, 0.15) is 11.4 Å². The van der Waals surface area contributed by atoms with E-state index in [2.05, 4.69) is 13.8 Å². The Labute approximate surface area is 144 Å². The van der Waals surface area contributed by atoms with Crippen LogP contribution in [0.3, 0.4) is 0 Å². The minimum absolute atomic E-state index is 0.183. The van der Waals surface area contributed by atoms with Crippen molar-refractivity contribution in [3.05, 3.63) is 41.2 Å². The summed E-state index contributed by atoms with van der Waals surface area (Å²) in [6, 6.07) is 7.49. The van der Waals surface area contributed by atoms with Gasteiger partial charge in [0.15, 0.2) is 0 Å². The number of carbonyl (C=O) groups excluding carboxylic acids is 1. The van der Waals surface area contributed by atoms with Crippen molar-refractivity contribution in [2.75, 3.05) is 5.73 Å². The predicted octanol–water partition coefficient (Wildman–Crippen LogP) is 4.86. The van der Waals surface area contributed by atoms with Crippen LogP contribution in [0.5, 0.6) is 0 Å². The quantitative estimate of drug-likeness (QED) is 0.553. The summed E-state index contributed by atoms with van der Waals surface area (Å²) in [5.41, 5.74) is 7.31. The molecule has 2 rings (SSSR count). The van der Waals surface area contributed by atoms with Crippen LogP contribution >= 0.6 is 0 Å². The molecule has 1 unspecified atom stereocenters. The summed E-state index contributed by atoms with van der Waals surface area (Å²) in [6.07, 6.45) is 4.50. The molecule has 1 aliphatic rings. The van der Waals surface area contributed by atoms with Gasteiger partial charge in [-0.2, -0.15) is 0 Å². The Kier molecular flexibility index (Phi) is 5.92. The second kappa shape index (κ2) is 7.73. The van der Waals surface area contributed by atoms with E-state index in [0.29, 0.717) is 24.1 Å². The molecule has 0 amide bonds. The minimum Gasteiger partial charge on any atom is -0.512 e. The van der Waals surface area contributed by atoms with Gasteiger partial charge in [0.25, 0.3) is 0 Å². The average molecular weight is 331 g/mol. The number of carbonyl (C=O) groups is 1. The Hall–Kier alpha value is -1.97. The maximum atomic E-state index is 12.8. The van der Waals surface area contributed by atoms with Crippen molar-refractivity contribution in [1.29, 1.82) is 0 Å². The molecule has 1 heterocycles. The molecule has 0 saturated heterocycles. The molecule has 4 nitrogen and oxygen atoms in total. The van der Waals surface area contributed by atoms with Crippen molar-refractivity contribution in [3.8, 4) is 0 Å². The smallest absolute Gasteiger partial charge is 0.338 e. The van der Waals surface area contributed by atoms with Crippen molar-refractivity contribution in [2.24, 2.45) is 0 Å². The lowest BCUT2D eigenvalue weighted by Gasteiger charge is -2.38. The third kappa shape index (κ3) is 3.74. The summed E-state index contributed by atoms with van der Waals surface area (Å²) >= 11 is 0. The summed E-state index contributed by atoms with van der Waals surface area (Å²) in [7, 11) is 0. The van der Waals surface area contributed by atoms with Crippen LogP contribution in [0.2, 0.25) is 0 Å². The van der Waals surface area contributed by atoms with Crippen LogP contribution in [0, 0.1) is 0 Å². The normalized spacial score (nSPS) is 18.4. The number of nitrogen functional groups attached to an aromatic ring is 1. The molecule has 3 N–H and O–H groups in total. The van der Waals surface area contributed by atoms with E-state index in [1.165, 1.54) is 0 Å². The highest BCUT2D eigenvalue weighted by molar-refractivity contribution is 5.92. The molecule has 0 bridgehead atoms. The lowest BCUT2D eigenvalue weighted by atomic mass is 9.80. The summed E-state index contributed by atoms with van der Waals surface area (Å²) in [5.74, 6) is -0.389. The average Bonchev–Trinajstić information content (AvgIpc) is 2.51. The van der Waals surface area contributed by atoms with Crippen molar-refractivity contribution in [2.45, 2.75) is 70.8 Å². The van der Waals surface area contributed by atoms with Gasteiger partial charge in [0, 0.05) is 18.0 Å². The molecular formula is C20H29NO3. The van der Waals surface area contributed by atoms with Gasteiger partial charge in [-0.25, -0.2) is 4.79 Å². The van der Waals surface area contributed by atoms with Crippen LogP contribution in [0.25, 0.3) is 0 Å². The van der Waals surface area contributed by atoms with Crippen LogP contribution in [0.15, 0.2) is 35.6 Å². The van der Waals surface area contributed by atoms with Crippen molar-refractivity contribution >= 4 is 11.7 Å². The molecule has 24 heavy (non-hydrogen) atoms. The van der Waals surface area contributed by atoms with Gasteiger partial charge in [0.05, 0.1) is 5.57 Å². The number of aliphatic hydroxyl groups is 1. The standard InChI is InChI=1S/C20H29NO3/c1-4-10-20(11-5-2)13-17(22)18(19(23)24-20)16(6-3)14-8-7-9-15(21)12-14/h7-9,12,16,22H,4-6,10-11,13,21H2,1-3H3. The second-order valence-electron chi connectivity index (χ2n) is 6.74. The highest BCUT2D eigenvalue weighted by atomic mass is 16.6. The monoisotopic (exact) mass is 331 g/mol. The molecule has 1 aromatic rings. The van der Waals surface area contributed by atoms with E-state index in [9.17, 15) is 9.90 Å². The van der Waals surface area contributed by atoms with E-state index in [0.717, 1.165) is 31.2 Å². The number of rotatable bonds is 7. The van der Waals surface area contributed by atoms with Crippen molar-refractivity contribution in [3.63, 3.8) is 0 Å². The highest BCUT2D eigenvalue weighted by Crippen LogP contribution is 2.41. The van der Waals surface area contributed by atoms with Crippen molar-refractivity contribution < 1.29 is 14.6 Å². The SMILES string of the molecule is CCCC1(CCC)CC(O)=C(C(CC)c2cccc(N)c2)C(=O)O1. The van der Waals surface area contributed by atoms with E-state index in [1.807, 2.05) is 31.2 Å². The lowest BCUT2D eigenvalue weighted by Crippen LogP contribution is -2.41. The molecule has 0 aromatic heterocycles. The first-order valence-electron chi connectivity index (χ1n) is 8.97. The first kappa shape index (κ1) is 18.4. The molecule has 0 spiro atoms. The van der Waals surface area contributed by atoms with Gasteiger partial charge in [0.2, 0.25) is 0 Å². The minimum atomic E-state index is -0.553. The summed E-state index contributed by atoms with van der Waals surface area (Å²) in [4.78, 5) is 12.8. The Morgan fingerprint density at radius 3 is 2.42 bits per heavy atom. The van der Waals surface area contributed by atoms with E-state index in [1.54, 1.807) is 0 Å². The number of benzene rings is 1. The number of esters is 1. The molecule has 0 fully saturated rings. The van der Waals surface area contributed by atoms with Crippen LogP contribution in [0.1, 0.15) is 70.8 Å². The van der Waals surface area contributed by atoms with E-state index < -0.39 is 5.60 Å². The Morgan fingerprint density at radius 2 is 1.92 bits per heavy atom. The molecule has 1 atom stereocenters. The number of cyclic esters (lactones) is 1. The first-order chi connectivity index (χ1) is 11.5. The molecule has 0 aliphatic carbocycles. The largest absolute Gasteiger partial charge is 0.512 e. The fraction of sp³-hybridized carbons (Fsp3) is 0.550. The number of nitrogens with two attached hydrogens (primary N) is 1. The number of hydrogen-bond acceptors (Lipinski definition) is 4. The van der Waals surface area contributed by atoms with Crippen LogP contribution in [-0.2, 0) is 9.53 Å². The van der Waals surface area contributed by atoms with Gasteiger partial charge >= 0.3 is 5.97 Å². The Morgan fingerprint density at radius 1 is 1.25 bits per heavy atom. The topological polar surface area (TPSA) is 72.5 Å². The van der Waals surface area contributed by atoms with Gasteiger partial charge in [-0.1, -0.05) is 45.7 Å². The van der Waals surface area contributed by atoms with Crippen LogP contribution in [-0.4, -0.2) is 16.7 Å². The maximum Gasteiger partial charge on any atom is 0.338 e. The third-order valence-corrected chi connectivity index (χ3v) is 4.81. The lowest BCUT2D eigenvalue weighted by molar-refractivity contribution is -0.161. The molecule has 1 aromatic carbocycles. The Balaban J connectivity index is 2.39. The van der Waals surface area contributed by atoms with Gasteiger partial charge in [-0.15, -0.1) is 0 Å². The first-order valence-corrected chi connectivity index (χ1v) is 8.97. The maximum absolute atomic E-state index is 12.8. The zero-order valence-corrected chi connectivity index (χ0v) is 15.0. The number of hydrogen-bond donors (Lipinski definition) is 2. The third-order valence-electron chi connectivity index (χ3n) is 4.81. The second-order valence-corrected chi connectivity index (χ2v) is 6.74. The van der Waals surface area contributed by atoms with Crippen LogP contribution in [0.4, 0.5) is 5.69 Å². The molecule has 132 valence electrons. The summed E-state index contributed by atoms with van der Waals surface area (Å²) in [5, 5.41) is 10.7. The van der Waals surface area contributed by atoms with Gasteiger partial charge in [-0.05, 0) is 37.0 Å². The fourth-order valence-corrected chi connectivity index (χ4v) is 3.85. The fourth-order valence-electron chi connectivity index (χ4n) is 3.85. The van der Waals surface area contributed by atoms with E-state index in [-0.39, 0.29) is 17.6 Å². The predicted molar refractivity (Wildman–Crippen MR) is 96.8 cm³/mol. The van der Waals surface area contributed by atoms with E-state index in [4.69, 9.17) is 10.5 Å². The zero-order chi connectivity index (χ0) is 17.7. The highest BCUT2D eigenvalue weighted by Gasteiger charge is 2.42. The molecular weight excluding hydrogens is 302 g/mol. The van der Waals surface area contributed by atoms with Gasteiger partial charge < -0.3 is 15.6 Å². The summed E-state index contributed by atoms with van der Waals surface area (Å²) in [6.45, 7) is 6.15. The Bertz CT molecular complexity index is 615.